The van der Waals surface area contributed by atoms with Gasteiger partial charge in [-0.3, -0.25) is 9.69 Å². The van der Waals surface area contributed by atoms with E-state index < -0.39 is 0 Å². The van der Waals surface area contributed by atoms with Crippen LogP contribution in [0.2, 0.25) is 0 Å². The standard InChI is InChI=1S/C15H22BrNO2/c1-11(2)17(9-10-19-4)12(3)15(18)13-5-7-14(16)8-6-13/h5-8,11-12H,9-10H2,1-4H3. The molecule has 0 N–H and O–H groups in total. The molecule has 1 unspecified atom stereocenters. The molecule has 106 valence electrons. The molecule has 3 nitrogen and oxygen atoms in total. The van der Waals surface area contributed by atoms with Crippen molar-refractivity contribution in [3.8, 4) is 0 Å². The van der Waals surface area contributed by atoms with Crippen LogP contribution in [0.15, 0.2) is 28.7 Å². The molecule has 0 aliphatic rings. The molecule has 0 heterocycles. The molecule has 0 aliphatic heterocycles. The van der Waals surface area contributed by atoms with Crippen LogP contribution >= 0.6 is 15.9 Å². The van der Waals surface area contributed by atoms with Crippen LogP contribution in [0.25, 0.3) is 0 Å². The first-order chi connectivity index (χ1) is 8.97. The highest BCUT2D eigenvalue weighted by Crippen LogP contribution is 2.15. The Kier molecular flexibility index (Phi) is 6.69. The maximum Gasteiger partial charge on any atom is 0.179 e. The maximum atomic E-state index is 12.5. The Balaban J connectivity index is 2.80. The molecule has 0 saturated carbocycles. The van der Waals surface area contributed by atoms with Gasteiger partial charge in [0.1, 0.15) is 0 Å². The highest BCUT2D eigenvalue weighted by molar-refractivity contribution is 9.10. The van der Waals surface area contributed by atoms with E-state index in [4.69, 9.17) is 4.74 Å². The summed E-state index contributed by atoms with van der Waals surface area (Å²) < 4.78 is 6.10. The summed E-state index contributed by atoms with van der Waals surface area (Å²) in [5.41, 5.74) is 0.749. The van der Waals surface area contributed by atoms with Gasteiger partial charge in [0.05, 0.1) is 12.6 Å². The van der Waals surface area contributed by atoms with E-state index in [2.05, 4.69) is 34.7 Å². The van der Waals surface area contributed by atoms with E-state index >= 15 is 0 Å². The largest absolute Gasteiger partial charge is 0.383 e. The van der Waals surface area contributed by atoms with E-state index in [1.807, 2.05) is 31.2 Å². The Morgan fingerprint density at radius 3 is 2.32 bits per heavy atom. The molecule has 0 aliphatic carbocycles. The molecule has 0 aromatic heterocycles. The number of hydrogen-bond acceptors (Lipinski definition) is 3. The molecule has 1 rings (SSSR count). The van der Waals surface area contributed by atoms with E-state index in [9.17, 15) is 4.79 Å². The van der Waals surface area contributed by atoms with Crippen molar-refractivity contribution in [3.63, 3.8) is 0 Å². The lowest BCUT2D eigenvalue weighted by atomic mass is 10.0. The molecular weight excluding hydrogens is 306 g/mol. The zero-order valence-electron chi connectivity index (χ0n) is 12.0. The van der Waals surface area contributed by atoms with Gasteiger partial charge in [0.2, 0.25) is 0 Å². The molecule has 1 aromatic carbocycles. The van der Waals surface area contributed by atoms with Crippen LogP contribution in [-0.2, 0) is 4.74 Å². The first-order valence-corrected chi connectivity index (χ1v) is 7.31. The van der Waals surface area contributed by atoms with E-state index in [1.54, 1.807) is 7.11 Å². The van der Waals surface area contributed by atoms with Crippen LogP contribution in [0.3, 0.4) is 0 Å². The number of Topliss-reactive ketones (excluding diaryl/α,β-unsaturated/α-hetero) is 1. The molecule has 1 atom stereocenters. The molecule has 4 heteroatoms. The second-order valence-electron chi connectivity index (χ2n) is 4.87. The second-order valence-corrected chi connectivity index (χ2v) is 5.79. The number of halogens is 1. The first kappa shape index (κ1) is 16.3. The summed E-state index contributed by atoms with van der Waals surface area (Å²) in [6.07, 6.45) is 0. The lowest BCUT2D eigenvalue weighted by molar-refractivity contribution is 0.0698. The van der Waals surface area contributed by atoms with E-state index in [0.717, 1.165) is 16.6 Å². The monoisotopic (exact) mass is 327 g/mol. The fraction of sp³-hybridized carbons (Fsp3) is 0.533. The zero-order chi connectivity index (χ0) is 14.4. The van der Waals surface area contributed by atoms with Gasteiger partial charge in [0.25, 0.3) is 0 Å². The van der Waals surface area contributed by atoms with Crippen molar-refractivity contribution in [2.75, 3.05) is 20.3 Å². The third-order valence-corrected chi connectivity index (χ3v) is 3.75. The number of methoxy groups -OCH3 is 1. The number of rotatable bonds is 7. The normalized spacial score (nSPS) is 13.0. The van der Waals surface area contributed by atoms with Gasteiger partial charge in [-0.05, 0) is 32.9 Å². The quantitative estimate of drug-likeness (QED) is 0.719. The summed E-state index contributed by atoms with van der Waals surface area (Å²) in [5, 5.41) is 0. The second kappa shape index (κ2) is 7.78. The number of nitrogens with zero attached hydrogens (tertiary/aromatic N) is 1. The topological polar surface area (TPSA) is 29.5 Å². The summed E-state index contributed by atoms with van der Waals surface area (Å²) in [4.78, 5) is 14.6. The Morgan fingerprint density at radius 1 is 1.26 bits per heavy atom. The van der Waals surface area contributed by atoms with Crippen LogP contribution in [0, 0.1) is 0 Å². The van der Waals surface area contributed by atoms with Gasteiger partial charge < -0.3 is 4.74 Å². The highest BCUT2D eigenvalue weighted by Gasteiger charge is 2.24. The van der Waals surface area contributed by atoms with E-state index in [0.29, 0.717) is 12.6 Å². The van der Waals surface area contributed by atoms with Crippen molar-refractivity contribution >= 4 is 21.7 Å². The van der Waals surface area contributed by atoms with Crippen molar-refractivity contribution < 1.29 is 9.53 Å². The summed E-state index contributed by atoms with van der Waals surface area (Å²) >= 11 is 3.38. The molecule has 0 fully saturated rings. The first-order valence-electron chi connectivity index (χ1n) is 6.51. The van der Waals surface area contributed by atoms with Gasteiger partial charge in [-0.1, -0.05) is 28.1 Å². The highest BCUT2D eigenvalue weighted by atomic mass is 79.9. The average Bonchev–Trinajstić information content (AvgIpc) is 2.38. The predicted molar refractivity (Wildman–Crippen MR) is 81.7 cm³/mol. The number of hydrogen-bond donors (Lipinski definition) is 0. The minimum absolute atomic E-state index is 0.142. The molecule has 19 heavy (non-hydrogen) atoms. The molecule has 0 spiro atoms. The fourth-order valence-corrected chi connectivity index (χ4v) is 2.37. The van der Waals surface area contributed by atoms with Gasteiger partial charge in [0, 0.05) is 29.7 Å². The molecular formula is C15H22BrNO2. The smallest absolute Gasteiger partial charge is 0.179 e. The van der Waals surface area contributed by atoms with Crippen LogP contribution in [0.1, 0.15) is 31.1 Å². The number of ether oxygens (including phenoxy) is 1. The summed E-state index contributed by atoms with van der Waals surface area (Å²) in [6, 6.07) is 7.68. The Morgan fingerprint density at radius 2 is 1.84 bits per heavy atom. The third-order valence-electron chi connectivity index (χ3n) is 3.22. The molecule has 0 amide bonds. The number of carbonyl (C=O) groups excluding carboxylic acids is 1. The van der Waals surface area contributed by atoms with E-state index in [-0.39, 0.29) is 11.8 Å². The van der Waals surface area contributed by atoms with Crippen molar-refractivity contribution in [1.82, 2.24) is 4.90 Å². The Labute approximate surface area is 124 Å². The minimum atomic E-state index is -0.142. The van der Waals surface area contributed by atoms with Crippen molar-refractivity contribution in [2.24, 2.45) is 0 Å². The Hall–Kier alpha value is -0.710. The van der Waals surface area contributed by atoms with Crippen molar-refractivity contribution in [3.05, 3.63) is 34.3 Å². The molecule has 0 bridgehead atoms. The SMILES string of the molecule is COCCN(C(C)C)C(C)C(=O)c1ccc(Br)cc1. The summed E-state index contributed by atoms with van der Waals surface area (Å²) in [7, 11) is 1.68. The lowest BCUT2D eigenvalue weighted by Gasteiger charge is -2.31. The van der Waals surface area contributed by atoms with Crippen molar-refractivity contribution in [2.45, 2.75) is 32.9 Å². The van der Waals surface area contributed by atoms with Crippen LogP contribution < -0.4 is 0 Å². The maximum absolute atomic E-state index is 12.5. The Bertz CT molecular complexity index is 403. The van der Waals surface area contributed by atoms with Gasteiger partial charge in [-0.25, -0.2) is 0 Å². The number of carbonyl (C=O) groups is 1. The molecule has 0 radical (unpaired) electrons. The third kappa shape index (κ3) is 4.71. The lowest BCUT2D eigenvalue weighted by Crippen LogP contribution is -2.45. The average molecular weight is 328 g/mol. The zero-order valence-corrected chi connectivity index (χ0v) is 13.6. The molecule has 0 saturated heterocycles. The van der Waals surface area contributed by atoms with Gasteiger partial charge in [-0.15, -0.1) is 0 Å². The van der Waals surface area contributed by atoms with Crippen LogP contribution in [0.5, 0.6) is 0 Å². The van der Waals surface area contributed by atoms with Crippen molar-refractivity contribution in [1.29, 1.82) is 0 Å². The van der Waals surface area contributed by atoms with Gasteiger partial charge >= 0.3 is 0 Å². The van der Waals surface area contributed by atoms with Gasteiger partial charge in [0.15, 0.2) is 5.78 Å². The number of ketones is 1. The fourth-order valence-electron chi connectivity index (χ4n) is 2.10. The number of benzene rings is 1. The van der Waals surface area contributed by atoms with Gasteiger partial charge in [-0.2, -0.15) is 0 Å². The predicted octanol–water partition coefficient (Wildman–Crippen LogP) is 3.38. The van der Waals surface area contributed by atoms with Crippen LogP contribution in [0.4, 0.5) is 0 Å². The van der Waals surface area contributed by atoms with Crippen LogP contribution in [-0.4, -0.2) is 43.0 Å². The summed E-state index contributed by atoms with van der Waals surface area (Å²) in [5.74, 6) is 0.150. The molecule has 1 aromatic rings. The minimum Gasteiger partial charge on any atom is -0.383 e. The summed E-state index contributed by atoms with van der Waals surface area (Å²) in [6.45, 7) is 7.55. The van der Waals surface area contributed by atoms with E-state index in [1.165, 1.54) is 0 Å².